The molecule has 0 bridgehead atoms. The molecule has 0 aliphatic rings. The number of aryl methyl sites for hydroxylation is 1. The molecule has 0 radical (unpaired) electrons. The molecule has 1 aromatic heterocycles. The standard InChI is InChI=1S/C7H13N3O/c1-10-6-7(5-9-10)11-4-2-3-8/h5-6H,2-4,8H2,1H3. The second-order valence-electron chi connectivity index (χ2n) is 2.34. The maximum Gasteiger partial charge on any atom is 0.157 e. The van der Waals surface area contributed by atoms with Crippen LogP contribution in [0.1, 0.15) is 6.42 Å². The monoisotopic (exact) mass is 155 g/mol. The molecule has 1 aromatic rings. The van der Waals surface area contributed by atoms with E-state index in [2.05, 4.69) is 5.10 Å². The fourth-order valence-corrected chi connectivity index (χ4v) is 0.747. The Bertz CT molecular complexity index is 209. The molecular formula is C7H13N3O. The molecule has 4 nitrogen and oxygen atoms in total. The summed E-state index contributed by atoms with van der Waals surface area (Å²) in [7, 11) is 1.86. The molecule has 0 aromatic carbocycles. The lowest BCUT2D eigenvalue weighted by Gasteiger charge is -1.99. The highest BCUT2D eigenvalue weighted by molar-refractivity contribution is 5.10. The highest BCUT2D eigenvalue weighted by atomic mass is 16.5. The van der Waals surface area contributed by atoms with E-state index in [4.69, 9.17) is 10.5 Å². The predicted octanol–water partition coefficient (Wildman–Crippen LogP) is 0.148. The lowest BCUT2D eigenvalue weighted by Crippen LogP contribution is -2.05. The Balaban J connectivity index is 2.27. The number of nitrogens with zero attached hydrogens (tertiary/aromatic N) is 2. The smallest absolute Gasteiger partial charge is 0.157 e. The highest BCUT2D eigenvalue weighted by Crippen LogP contribution is 2.06. The summed E-state index contributed by atoms with van der Waals surface area (Å²) < 4.78 is 7.01. The van der Waals surface area contributed by atoms with Gasteiger partial charge in [0.25, 0.3) is 0 Å². The Morgan fingerprint density at radius 2 is 2.55 bits per heavy atom. The third kappa shape index (κ3) is 2.59. The first-order valence-electron chi connectivity index (χ1n) is 3.64. The number of hydrogen-bond acceptors (Lipinski definition) is 3. The fourth-order valence-electron chi connectivity index (χ4n) is 0.747. The average Bonchev–Trinajstić information content (AvgIpc) is 2.37. The molecule has 11 heavy (non-hydrogen) atoms. The molecule has 0 unspecified atom stereocenters. The zero-order valence-corrected chi connectivity index (χ0v) is 6.66. The van der Waals surface area contributed by atoms with Crippen molar-refractivity contribution in [2.24, 2.45) is 12.8 Å². The molecule has 0 spiro atoms. The Morgan fingerprint density at radius 1 is 1.73 bits per heavy atom. The molecule has 4 heteroatoms. The van der Waals surface area contributed by atoms with E-state index in [1.54, 1.807) is 10.9 Å². The summed E-state index contributed by atoms with van der Waals surface area (Å²) in [6, 6.07) is 0. The van der Waals surface area contributed by atoms with Crippen LogP contribution in [0.5, 0.6) is 5.75 Å². The quantitative estimate of drug-likeness (QED) is 0.629. The molecule has 0 fully saturated rings. The Labute approximate surface area is 66.0 Å². The van der Waals surface area contributed by atoms with Gasteiger partial charge in [0, 0.05) is 7.05 Å². The summed E-state index contributed by atoms with van der Waals surface area (Å²) in [5, 5.41) is 3.96. The molecule has 0 saturated carbocycles. The van der Waals surface area contributed by atoms with Crippen LogP contribution in [0.2, 0.25) is 0 Å². The molecule has 0 atom stereocenters. The van der Waals surface area contributed by atoms with Crippen LogP contribution < -0.4 is 10.5 Å². The lowest BCUT2D eigenvalue weighted by atomic mass is 10.5. The molecule has 0 aliphatic carbocycles. The third-order valence-electron chi connectivity index (χ3n) is 1.30. The number of ether oxygens (including phenoxy) is 1. The highest BCUT2D eigenvalue weighted by Gasteiger charge is 1.94. The second-order valence-corrected chi connectivity index (χ2v) is 2.34. The van der Waals surface area contributed by atoms with Crippen LogP contribution in [-0.4, -0.2) is 22.9 Å². The molecular weight excluding hydrogens is 142 g/mol. The lowest BCUT2D eigenvalue weighted by molar-refractivity contribution is 0.313. The van der Waals surface area contributed by atoms with Gasteiger partial charge in [0.2, 0.25) is 0 Å². The SMILES string of the molecule is Cn1cc(OCCCN)cn1. The van der Waals surface area contributed by atoms with Crippen molar-refractivity contribution in [1.29, 1.82) is 0 Å². The summed E-state index contributed by atoms with van der Waals surface area (Å²) >= 11 is 0. The van der Waals surface area contributed by atoms with Crippen LogP contribution in [0, 0.1) is 0 Å². The van der Waals surface area contributed by atoms with Gasteiger partial charge in [0.05, 0.1) is 19.0 Å². The van der Waals surface area contributed by atoms with Gasteiger partial charge >= 0.3 is 0 Å². The van der Waals surface area contributed by atoms with Gasteiger partial charge in [0.15, 0.2) is 5.75 Å². The zero-order valence-electron chi connectivity index (χ0n) is 6.66. The number of aromatic nitrogens is 2. The van der Waals surface area contributed by atoms with Crippen molar-refractivity contribution in [2.75, 3.05) is 13.2 Å². The van der Waals surface area contributed by atoms with Crippen LogP contribution in [0.15, 0.2) is 12.4 Å². The van der Waals surface area contributed by atoms with Crippen molar-refractivity contribution in [2.45, 2.75) is 6.42 Å². The molecule has 1 heterocycles. The summed E-state index contributed by atoms with van der Waals surface area (Å²) in [5.41, 5.74) is 5.30. The predicted molar refractivity (Wildman–Crippen MR) is 42.4 cm³/mol. The molecule has 2 N–H and O–H groups in total. The maximum absolute atomic E-state index is 5.30. The van der Waals surface area contributed by atoms with Crippen LogP contribution in [-0.2, 0) is 7.05 Å². The van der Waals surface area contributed by atoms with Gasteiger partial charge in [-0.25, -0.2) is 0 Å². The average molecular weight is 155 g/mol. The normalized spacial score (nSPS) is 10.0. The number of nitrogens with two attached hydrogens (primary N) is 1. The first-order chi connectivity index (χ1) is 5.33. The Kier molecular flexibility index (Phi) is 2.92. The van der Waals surface area contributed by atoms with E-state index in [1.165, 1.54) is 0 Å². The molecule has 62 valence electrons. The third-order valence-corrected chi connectivity index (χ3v) is 1.30. The minimum atomic E-state index is 0.667. The zero-order chi connectivity index (χ0) is 8.10. The first-order valence-corrected chi connectivity index (χ1v) is 3.64. The first kappa shape index (κ1) is 8.07. The topological polar surface area (TPSA) is 53.1 Å². The second kappa shape index (κ2) is 3.98. The van der Waals surface area contributed by atoms with Gasteiger partial charge in [-0.1, -0.05) is 0 Å². The van der Waals surface area contributed by atoms with Gasteiger partial charge < -0.3 is 10.5 Å². The van der Waals surface area contributed by atoms with Crippen LogP contribution >= 0.6 is 0 Å². The van der Waals surface area contributed by atoms with E-state index < -0.39 is 0 Å². The van der Waals surface area contributed by atoms with Crippen molar-refractivity contribution >= 4 is 0 Å². The molecule has 0 amide bonds. The molecule has 0 aliphatic heterocycles. The van der Waals surface area contributed by atoms with Crippen molar-refractivity contribution in [3.8, 4) is 5.75 Å². The van der Waals surface area contributed by atoms with Crippen molar-refractivity contribution in [3.05, 3.63) is 12.4 Å². The number of hydrogen-bond donors (Lipinski definition) is 1. The Morgan fingerprint density at radius 3 is 3.09 bits per heavy atom. The van der Waals surface area contributed by atoms with E-state index >= 15 is 0 Å². The number of rotatable bonds is 4. The van der Waals surface area contributed by atoms with E-state index in [-0.39, 0.29) is 0 Å². The summed E-state index contributed by atoms with van der Waals surface area (Å²) in [5.74, 6) is 0.806. The van der Waals surface area contributed by atoms with Crippen molar-refractivity contribution in [3.63, 3.8) is 0 Å². The summed E-state index contributed by atoms with van der Waals surface area (Å²) in [6.07, 6.45) is 4.40. The minimum Gasteiger partial charge on any atom is -0.490 e. The van der Waals surface area contributed by atoms with E-state index in [0.29, 0.717) is 13.2 Å². The fraction of sp³-hybridized carbons (Fsp3) is 0.571. The van der Waals surface area contributed by atoms with E-state index in [1.807, 2.05) is 13.2 Å². The van der Waals surface area contributed by atoms with Gasteiger partial charge in [-0.05, 0) is 13.0 Å². The van der Waals surface area contributed by atoms with Gasteiger partial charge in [-0.15, -0.1) is 0 Å². The van der Waals surface area contributed by atoms with Gasteiger partial charge in [0.1, 0.15) is 0 Å². The van der Waals surface area contributed by atoms with Crippen LogP contribution in [0.3, 0.4) is 0 Å². The van der Waals surface area contributed by atoms with Gasteiger partial charge in [-0.3, -0.25) is 4.68 Å². The largest absolute Gasteiger partial charge is 0.490 e. The van der Waals surface area contributed by atoms with Crippen LogP contribution in [0.25, 0.3) is 0 Å². The molecule has 1 rings (SSSR count). The summed E-state index contributed by atoms with van der Waals surface area (Å²) in [4.78, 5) is 0. The van der Waals surface area contributed by atoms with E-state index in [9.17, 15) is 0 Å². The maximum atomic E-state index is 5.30. The van der Waals surface area contributed by atoms with Crippen molar-refractivity contribution < 1.29 is 4.74 Å². The van der Waals surface area contributed by atoms with Crippen molar-refractivity contribution in [1.82, 2.24) is 9.78 Å². The van der Waals surface area contributed by atoms with Gasteiger partial charge in [-0.2, -0.15) is 5.10 Å². The Hall–Kier alpha value is -1.03. The minimum absolute atomic E-state index is 0.667. The van der Waals surface area contributed by atoms with E-state index in [0.717, 1.165) is 12.2 Å². The van der Waals surface area contributed by atoms with Crippen LogP contribution in [0.4, 0.5) is 0 Å². The molecule has 0 saturated heterocycles. The summed E-state index contributed by atoms with van der Waals surface area (Å²) in [6.45, 7) is 1.34.